The van der Waals surface area contributed by atoms with Gasteiger partial charge in [-0.25, -0.2) is 0 Å². The summed E-state index contributed by atoms with van der Waals surface area (Å²) in [6, 6.07) is 11.4. The number of rotatable bonds is 7. The summed E-state index contributed by atoms with van der Waals surface area (Å²) in [5.41, 5.74) is 2.08. The lowest BCUT2D eigenvalue weighted by atomic mass is 10.3. The molecule has 0 radical (unpaired) electrons. The first-order valence-corrected chi connectivity index (χ1v) is 7.58. The van der Waals surface area contributed by atoms with Crippen LogP contribution in [0.3, 0.4) is 0 Å². The fourth-order valence-corrected chi connectivity index (χ4v) is 2.07. The molecule has 0 aliphatic carbocycles. The summed E-state index contributed by atoms with van der Waals surface area (Å²) in [6.45, 7) is 3.17. The summed E-state index contributed by atoms with van der Waals surface area (Å²) in [5.74, 6) is 1.00. The third kappa shape index (κ3) is 4.42. The molecule has 2 aromatic heterocycles. The highest BCUT2D eigenvalue weighted by Gasteiger charge is 2.05. The number of aryl methyl sites for hydroxylation is 1. The molecule has 0 saturated carbocycles. The molecule has 126 valence electrons. The Morgan fingerprint density at radius 3 is 2.84 bits per heavy atom. The lowest BCUT2D eigenvalue weighted by Crippen LogP contribution is -2.08. The molecule has 25 heavy (non-hydrogen) atoms. The smallest absolute Gasteiger partial charge is 0.216 e. The Labute approximate surface area is 143 Å². The summed E-state index contributed by atoms with van der Waals surface area (Å²) in [6.07, 6.45) is 3.45. The number of H-pyrrole nitrogens is 1. The van der Waals surface area contributed by atoms with Crippen molar-refractivity contribution in [1.82, 2.24) is 30.4 Å². The average molecular weight is 336 g/mol. The van der Waals surface area contributed by atoms with E-state index < -0.39 is 0 Å². The molecule has 3 rings (SSSR count). The number of anilines is 1. The number of aromatic amines is 1. The second-order valence-electron chi connectivity index (χ2n) is 5.14. The Bertz CT molecular complexity index is 874. The largest absolute Gasteiger partial charge is 0.492 e. The van der Waals surface area contributed by atoms with E-state index in [2.05, 4.69) is 31.0 Å². The molecular formula is C16H16N8O. The number of nitrogens with one attached hydrogen (secondary N) is 2. The van der Waals surface area contributed by atoms with Crippen LogP contribution >= 0.6 is 0 Å². The van der Waals surface area contributed by atoms with Gasteiger partial charge in [0.1, 0.15) is 24.0 Å². The maximum atomic E-state index is 9.11. The minimum Gasteiger partial charge on any atom is -0.492 e. The molecule has 2 heterocycles. The number of nitriles is 1. The molecule has 2 N–H and O–H groups in total. The standard InChI is InChI=1S/C16H16N8O/c1-12-6-7-24(21-12)8-9-25-15-4-2-14(3-5-15)18-11-13(10-17)16-19-22-23-20-16/h2-7,11,18H,8-9H2,1H3,(H,19,20,22,23). The lowest BCUT2D eigenvalue weighted by Gasteiger charge is -2.07. The van der Waals surface area contributed by atoms with E-state index in [1.165, 1.54) is 6.20 Å². The van der Waals surface area contributed by atoms with Crippen LogP contribution in [-0.4, -0.2) is 37.0 Å². The molecule has 0 amide bonds. The zero-order valence-corrected chi connectivity index (χ0v) is 13.5. The highest BCUT2D eigenvalue weighted by molar-refractivity contribution is 5.74. The van der Waals surface area contributed by atoms with Crippen molar-refractivity contribution in [1.29, 1.82) is 5.26 Å². The number of hydrogen-bond donors (Lipinski definition) is 2. The highest BCUT2D eigenvalue weighted by Crippen LogP contribution is 2.16. The van der Waals surface area contributed by atoms with Gasteiger partial charge in [-0.05, 0) is 42.5 Å². The van der Waals surface area contributed by atoms with E-state index in [-0.39, 0.29) is 11.4 Å². The molecule has 1 aromatic carbocycles. The van der Waals surface area contributed by atoms with Crippen LogP contribution in [0.4, 0.5) is 5.69 Å². The Kier molecular flexibility index (Phi) is 5.01. The topological polar surface area (TPSA) is 117 Å². The van der Waals surface area contributed by atoms with Crippen LogP contribution in [0, 0.1) is 18.3 Å². The average Bonchev–Trinajstić information content (AvgIpc) is 3.29. The molecule has 0 bridgehead atoms. The van der Waals surface area contributed by atoms with Crippen molar-refractivity contribution in [2.75, 3.05) is 11.9 Å². The Hall–Kier alpha value is -3.67. The van der Waals surface area contributed by atoms with E-state index in [4.69, 9.17) is 10.00 Å². The monoisotopic (exact) mass is 336 g/mol. The van der Waals surface area contributed by atoms with E-state index in [0.717, 1.165) is 17.1 Å². The number of allylic oxidation sites excluding steroid dienone is 1. The molecule has 0 aliphatic rings. The van der Waals surface area contributed by atoms with E-state index in [0.29, 0.717) is 13.2 Å². The van der Waals surface area contributed by atoms with Gasteiger partial charge in [0.2, 0.25) is 5.82 Å². The maximum absolute atomic E-state index is 9.11. The van der Waals surface area contributed by atoms with Gasteiger partial charge in [0.05, 0.1) is 12.2 Å². The van der Waals surface area contributed by atoms with Crippen molar-refractivity contribution in [3.63, 3.8) is 0 Å². The van der Waals surface area contributed by atoms with Gasteiger partial charge in [0, 0.05) is 18.1 Å². The highest BCUT2D eigenvalue weighted by atomic mass is 16.5. The number of nitrogens with zero attached hydrogens (tertiary/aromatic N) is 6. The first-order valence-electron chi connectivity index (χ1n) is 7.58. The molecular weight excluding hydrogens is 320 g/mol. The van der Waals surface area contributed by atoms with Gasteiger partial charge >= 0.3 is 0 Å². The fraction of sp³-hybridized carbons (Fsp3) is 0.188. The van der Waals surface area contributed by atoms with Crippen molar-refractivity contribution in [3.8, 4) is 11.8 Å². The first-order chi connectivity index (χ1) is 12.2. The van der Waals surface area contributed by atoms with Crippen LogP contribution in [0.25, 0.3) is 5.57 Å². The van der Waals surface area contributed by atoms with Crippen LogP contribution in [0.1, 0.15) is 11.5 Å². The van der Waals surface area contributed by atoms with E-state index in [1.54, 1.807) is 0 Å². The molecule has 0 saturated heterocycles. The number of hydrogen-bond acceptors (Lipinski definition) is 7. The number of tetrazole rings is 1. The number of benzene rings is 1. The summed E-state index contributed by atoms with van der Waals surface area (Å²) >= 11 is 0. The minimum atomic E-state index is 0.240. The Morgan fingerprint density at radius 1 is 1.36 bits per heavy atom. The van der Waals surface area contributed by atoms with Crippen LogP contribution in [-0.2, 0) is 6.54 Å². The quantitative estimate of drug-likeness (QED) is 0.631. The number of aromatic nitrogens is 6. The van der Waals surface area contributed by atoms with Crippen molar-refractivity contribution in [2.45, 2.75) is 13.5 Å². The maximum Gasteiger partial charge on any atom is 0.216 e. The zero-order chi connectivity index (χ0) is 17.5. The second-order valence-corrected chi connectivity index (χ2v) is 5.14. The second kappa shape index (κ2) is 7.74. The third-order valence-corrected chi connectivity index (χ3v) is 3.31. The van der Waals surface area contributed by atoms with Crippen LogP contribution < -0.4 is 10.1 Å². The van der Waals surface area contributed by atoms with Gasteiger partial charge in [0.25, 0.3) is 0 Å². The molecule has 9 nitrogen and oxygen atoms in total. The predicted octanol–water partition coefficient (Wildman–Crippen LogP) is 1.76. The predicted molar refractivity (Wildman–Crippen MR) is 90.3 cm³/mol. The van der Waals surface area contributed by atoms with Gasteiger partial charge in [-0.2, -0.15) is 15.6 Å². The normalized spacial score (nSPS) is 11.1. The van der Waals surface area contributed by atoms with E-state index in [9.17, 15) is 0 Å². The van der Waals surface area contributed by atoms with Crippen molar-refractivity contribution < 1.29 is 4.74 Å². The summed E-state index contributed by atoms with van der Waals surface area (Å²) in [5, 5.41) is 29.7. The SMILES string of the molecule is Cc1ccn(CCOc2ccc(NC=C(C#N)c3nn[nH]n3)cc2)n1. The van der Waals surface area contributed by atoms with Crippen LogP contribution in [0.2, 0.25) is 0 Å². The molecule has 9 heteroatoms. The van der Waals surface area contributed by atoms with Crippen molar-refractivity contribution in [3.05, 3.63) is 54.2 Å². The molecule has 3 aromatic rings. The van der Waals surface area contributed by atoms with Gasteiger partial charge < -0.3 is 10.1 Å². The Morgan fingerprint density at radius 2 is 2.20 bits per heavy atom. The number of ether oxygens (including phenoxy) is 1. The van der Waals surface area contributed by atoms with Gasteiger partial charge in [-0.3, -0.25) is 4.68 Å². The van der Waals surface area contributed by atoms with Gasteiger partial charge in [-0.15, -0.1) is 10.2 Å². The molecule has 0 unspecified atom stereocenters. The Balaban J connectivity index is 1.52. The third-order valence-electron chi connectivity index (χ3n) is 3.31. The first kappa shape index (κ1) is 16.2. The minimum absolute atomic E-state index is 0.240. The van der Waals surface area contributed by atoms with Gasteiger partial charge in [-0.1, -0.05) is 0 Å². The van der Waals surface area contributed by atoms with Crippen LogP contribution in [0.5, 0.6) is 5.75 Å². The molecule has 0 fully saturated rings. The van der Waals surface area contributed by atoms with Crippen molar-refractivity contribution in [2.24, 2.45) is 0 Å². The summed E-state index contributed by atoms with van der Waals surface area (Å²) < 4.78 is 7.54. The van der Waals surface area contributed by atoms with Gasteiger partial charge in [0.15, 0.2) is 0 Å². The molecule has 0 atom stereocenters. The zero-order valence-electron chi connectivity index (χ0n) is 13.5. The molecule has 0 spiro atoms. The lowest BCUT2D eigenvalue weighted by molar-refractivity contribution is 0.291. The van der Waals surface area contributed by atoms with Crippen molar-refractivity contribution >= 4 is 11.3 Å². The fourth-order valence-electron chi connectivity index (χ4n) is 2.07. The van der Waals surface area contributed by atoms with Crippen LogP contribution in [0.15, 0.2) is 42.7 Å². The summed E-state index contributed by atoms with van der Waals surface area (Å²) in [4.78, 5) is 0. The van der Waals surface area contributed by atoms with E-state index in [1.807, 2.05) is 54.2 Å². The van der Waals surface area contributed by atoms with E-state index >= 15 is 0 Å². The molecule has 0 aliphatic heterocycles. The summed E-state index contributed by atoms with van der Waals surface area (Å²) in [7, 11) is 0.